The molecule has 0 aliphatic rings. The second-order valence-electron chi connectivity index (χ2n) is 4.23. The summed E-state index contributed by atoms with van der Waals surface area (Å²) in [5.41, 5.74) is 1.85. The van der Waals surface area contributed by atoms with Crippen molar-refractivity contribution in [3.63, 3.8) is 0 Å². The molecule has 1 aromatic heterocycles. The molecule has 2 atom stereocenters. The zero-order chi connectivity index (χ0) is 12.1. The van der Waals surface area contributed by atoms with Crippen LogP contribution >= 0.6 is 0 Å². The first-order valence-corrected chi connectivity index (χ1v) is 5.97. The second-order valence-corrected chi connectivity index (χ2v) is 4.23. The molecular formula is C13H22N2O. The van der Waals surface area contributed by atoms with Crippen LogP contribution < -0.4 is 4.90 Å². The van der Waals surface area contributed by atoms with Gasteiger partial charge in [0.1, 0.15) is 0 Å². The average molecular weight is 222 g/mol. The molecule has 1 aromatic rings. The Hall–Kier alpha value is -1.09. The maximum absolute atomic E-state index is 9.64. The first-order valence-electron chi connectivity index (χ1n) is 5.97. The monoisotopic (exact) mass is 222 g/mol. The van der Waals surface area contributed by atoms with Gasteiger partial charge < -0.3 is 10.0 Å². The molecule has 0 fully saturated rings. The molecule has 1 N–H and O–H groups in total. The lowest BCUT2D eigenvalue weighted by atomic mass is 10.1. The first-order chi connectivity index (χ1) is 7.60. The van der Waals surface area contributed by atoms with Gasteiger partial charge in [0.05, 0.1) is 23.7 Å². The molecule has 1 heterocycles. The molecule has 3 nitrogen and oxygen atoms in total. The van der Waals surface area contributed by atoms with E-state index in [0.29, 0.717) is 12.5 Å². The third kappa shape index (κ3) is 2.95. The van der Waals surface area contributed by atoms with Gasteiger partial charge in [-0.05, 0) is 31.9 Å². The maximum Gasteiger partial charge on any atom is 0.0957 e. The molecule has 1 rings (SSSR count). The highest BCUT2D eigenvalue weighted by Crippen LogP contribution is 2.19. The molecule has 0 aliphatic heterocycles. The van der Waals surface area contributed by atoms with Crippen molar-refractivity contribution in [1.29, 1.82) is 0 Å². The van der Waals surface area contributed by atoms with Gasteiger partial charge >= 0.3 is 0 Å². The van der Waals surface area contributed by atoms with Crippen LogP contribution in [-0.2, 0) is 0 Å². The van der Waals surface area contributed by atoms with E-state index in [1.807, 2.05) is 25.3 Å². The summed E-state index contributed by atoms with van der Waals surface area (Å²) in [4.78, 5) is 6.50. The lowest BCUT2D eigenvalue weighted by Crippen LogP contribution is -2.28. The number of anilines is 1. The predicted octanol–water partition coefficient (Wildman–Crippen LogP) is 2.76. The van der Waals surface area contributed by atoms with Crippen LogP contribution in [0, 0.1) is 0 Å². The van der Waals surface area contributed by atoms with Gasteiger partial charge in [-0.3, -0.25) is 4.98 Å². The van der Waals surface area contributed by atoms with Crippen LogP contribution in [-0.4, -0.2) is 23.2 Å². The fourth-order valence-electron chi connectivity index (χ4n) is 1.54. The second kappa shape index (κ2) is 5.85. The largest absolute Gasteiger partial charge is 0.387 e. The number of aliphatic hydroxyl groups excluding tert-OH is 1. The number of aliphatic hydroxyl groups is 1. The molecule has 0 amide bonds. The number of pyridine rings is 1. The fraction of sp³-hybridized carbons (Fsp3) is 0.615. The van der Waals surface area contributed by atoms with Gasteiger partial charge in [-0.25, -0.2) is 0 Å². The van der Waals surface area contributed by atoms with Crippen LogP contribution in [0.2, 0.25) is 0 Å². The van der Waals surface area contributed by atoms with Crippen molar-refractivity contribution < 1.29 is 5.11 Å². The molecule has 90 valence electrons. The van der Waals surface area contributed by atoms with E-state index in [-0.39, 0.29) is 0 Å². The molecule has 0 saturated carbocycles. The molecule has 0 aromatic carbocycles. The summed E-state index contributed by atoms with van der Waals surface area (Å²) in [6, 6.07) is 4.43. The Bertz CT molecular complexity index is 310. The summed E-state index contributed by atoms with van der Waals surface area (Å²) in [6.45, 7) is 6.31. The third-order valence-corrected chi connectivity index (χ3v) is 3.16. The zero-order valence-electron chi connectivity index (χ0n) is 10.6. The molecule has 0 aliphatic carbocycles. The van der Waals surface area contributed by atoms with E-state index in [1.54, 1.807) is 0 Å². The number of rotatable bonds is 5. The van der Waals surface area contributed by atoms with Gasteiger partial charge in [0, 0.05) is 13.1 Å². The summed E-state index contributed by atoms with van der Waals surface area (Å²) in [7, 11) is 2.07. The van der Waals surface area contributed by atoms with E-state index in [1.165, 1.54) is 0 Å². The van der Waals surface area contributed by atoms with E-state index < -0.39 is 6.10 Å². The molecule has 0 spiro atoms. The first kappa shape index (κ1) is 13.0. The van der Waals surface area contributed by atoms with Crippen molar-refractivity contribution in [2.45, 2.75) is 45.8 Å². The van der Waals surface area contributed by atoms with Crippen LogP contribution in [0.15, 0.2) is 18.3 Å². The number of hydrogen-bond donors (Lipinski definition) is 1. The van der Waals surface area contributed by atoms with Gasteiger partial charge in [-0.1, -0.05) is 13.8 Å². The molecular weight excluding hydrogens is 200 g/mol. The van der Waals surface area contributed by atoms with Crippen LogP contribution in [0.25, 0.3) is 0 Å². The quantitative estimate of drug-likeness (QED) is 0.832. The van der Waals surface area contributed by atoms with Crippen molar-refractivity contribution in [3.8, 4) is 0 Å². The average Bonchev–Trinajstić information content (AvgIpc) is 2.36. The summed E-state index contributed by atoms with van der Waals surface area (Å²) >= 11 is 0. The zero-order valence-corrected chi connectivity index (χ0v) is 10.6. The van der Waals surface area contributed by atoms with E-state index >= 15 is 0 Å². The highest BCUT2D eigenvalue weighted by molar-refractivity contribution is 5.44. The minimum atomic E-state index is -0.442. The number of hydrogen-bond acceptors (Lipinski definition) is 3. The molecule has 16 heavy (non-hydrogen) atoms. The lowest BCUT2D eigenvalue weighted by molar-refractivity contribution is 0.169. The molecule has 0 radical (unpaired) electrons. The Morgan fingerprint density at radius 2 is 2.00 bits per heavy atom. The fourth-order valence-corrected chi connectivity index (χ4v) is 1.54. The normalized spacial score (nSPS) is 14.6. The van der Waals surface area contributed by atoms with Crippen molar-refractivity contribution >= 4 is 5.69 Å². The molecule has 0 bridgehead atoms. The standard InChI is InChI=1S/C13H22N2O/c1-5-10(3)15(4)11-7-8-12(14-9-11)13(16)6-2/h7-10,13,16H,5-6H2,1-4H3. The maximum atomic E-state index is 9.64. The SMILES string of the molecule is CCC(O)c1ccc(N(C)C(C)CC)cn1. The Kier molecular flexibility index (Phi) is 4.74. The third-order valence-electron chi connectivity index (χ3n) is 3.16. The minimum absolute atomic E-state index is 0.442. The Morgan fingerprint density at radius 3 is 2.44 bits per heavy atom. The van der Waals surface area contributed by atoms with E-state index in [9.17, 15) is 5.11 Å². The summed E-state index contributed by atoms with van der Waals surface area (Å²) < 4.78 is 0. The van der Waals surface area contributed by atoms with Crippen molar-refractivity contribution in [3.05, 3.63) is 24.0 Å². The van der Waals surface area contributed by atoms with Crippen LogP contribution in [0.4, 0.5) is 5.69 Å². The van der Waals surface area contributed by atoms with Gasteiger partial charge in [0.25, 0.3) is 0 Å². The lowest BCUT2D eigenvalue weighted by Gasteiger charge is -2.25. The van der Waals surface area contributed by atoms with Gasteiger partial charge in [0.2, 0.25) is 0 Å². The van der Waals surface area contributed by atoms with Crippen molar-refractivity contribution in [2.75, 3.05) is 11.9 Å². The van der Waals surface area contributed by atoms with Crippen LogP contribution in [0.3, 0.4) is 0 Å². The van der Waals surface area contributed by atoms with Crippen molar-refractivity contribution in [2.24, 2.45) is 0 Å². The molecule has 2 unspecified atom stereocenters. The summed E-state index contributed by atoms with van der Waals surface area (Å²) in [5, 5.41) is 9.64. The van der Waals surface area contributed by atoms with Crippen LogP contribution in [0.5, 0.6) is 0 Å². The highest BCUT2D eigenvalue weighted by Gasteiger charge is 2.10. The minimum Gasteiger partial charge on any atom is -0.387 e. The Labute approximate surface area is 98.1 Å². The van der Waals surface area contributed by atoms with E-state index in [4.69, 9.17) is 0 Å². The predicted molar refractivity (Wildman–Crippen MR) is 67.6 cm³/mol. The summed E-state index contributed by atoms with van der Waals surface area (Å²) in [6.07, 6.45) is 3.20. The van der Waals surface area contributed by atoms with E-state index in [0.717, 1.165) is 17.8 Å². The summed E-state index contributed by atoms with van der Waals surface area (Å²) in [5.74, 6) is 0. The van der Waals surface area contributed by atoms with Crippen molar-refractivity contribution in [1.82, 2.24) is 4.98 Å². The molecule has 3 heteroatoms. The van der Waals surface area contributed by atoms with E-state index in [2.05, 4.69) is 30.8 Å². The topological polar surface area (TPSA) is 36.4 Å². The van der Waals surface area contributed by atoms with Crippen LogP contribution in [0.1, 0.15) is 45.4 Å². The smallest absolute Gasteiger partial charge is 0.0957 e. The van der Waals surface area contributed by atoms with Gasteiger partial charge in [0.15, 0.2) is 0 Å². The highest BCUT2D eigenvalue weighted by atomic mass is 16.3. The number of nitrogens with zero attached hydrogens (tertiary/aromatic N) is 2. The van der Waals surface area contributed by atoms with Gasteiger partial charge in [-0.15, -0.1) is 0 Å². The van der Waals surface area contributed by atoms with Gasteiger partial charge in [-0.2, -0.15) is 0 Å². The number of aromatic nitrogens is 1. The Balaban J connectivity index is 2.78. The molecule has 0 saturated heterocycles. The Morgan fingerprint density at radius 1 is 1.31 bits per heavy atom.